The van der Waals surface area contributed by atoms with E-state index in [9.17, 15) is 5.11 Å². The average molecular weight is 261 g/mol. The van der Waals surface area contributed by atoms with Gasteiger partial charge in [0.25, 0.3) is 0 Å². The van der Waals surface area contributed by atoms with Crippen molar-refractivity contribution in [1.29, 1.82) is 0 Å². The summed E-state index contributed by atoms with van der Waals surface area (Å²) in [6.07, 6.45) is 1.98. The summed E-state index contributed by atoms with van der Waals surface area (Å²) < 4.78 is 0. The Hall–Kier alpha value is -0.860. The lowest BCUT2D eigenvalue weighted by molar-refractivity contribution is -0.112. The third-order valence-corrected chi connectivity index (χ3v) is 4.67. The van der Waals surface area contributed by atoms with Crippen molar-refractivity contribution in [2.75, 3.05) is 13.1 Å². The second-order valence-corrected chi connectivity index (χ2v) is 6.22. The number of rotatable bonds is 4. The molecule has 1 aromatic rings. The van der Waals surface area contributed by atoms with Crippen molar-refractivity contribution in [3.8, 4) is 0 Å². The van der Waals surface area contributed by atoms with E-state index in [1.165, 1.54) is 5.56 Å². The molecular weight excluding hydrogens is 234 g/mol. The van der Waals surface area contributed by atoms with Gasteiger partial charge >= 0.3 is 0 Å². The number of likely N-dealkylation sites (tertiary alicyclic amines) is 1. The van der Waals surface area contributed by atoms with Gasteiger partial charge in [-0.1, -0.05) is 57.5 Å². The number of piperidine rings is 1. The fourth-order valence-corrected chi connectivity index (χ4v) is 3.51. The van der Waals surface area contributed by atoms with Gasteiger partial charge in [-0.2, -0.15) is 0 Å². The van der Waals surface area contributed by atoms with Crippen LogP contribution in [0.25, 0.3) is 0 Å². The fraction of sp³-hybridized carbons (Fsp3) is 0.647. The monoisotopic (exact) mass is 261 g/mol. The van der Waals surface area contributed by atoms with E-state index in [4.69, 9.17) is 0 Å². The summed E-state index contributed by atoms with van der Waals surface area (Å²) in [7, 11) is 0. The molecule has 19 heavy (non-hydrogen) atoms. The average Bonchev–Trinajstić information content (AvgIpc) is 2.38. The first kappa shape index (κ1) is 14.5. The summed E-state index contributed by atoms with van der Waals surface area (Å²) in [6, 6.07) is 10.6. The number of benzene rings is 1. The van der Waals surface area contributed by atoms with Crippen molar-refractivity contribution in [1.82, 2.24) is 4.90 Å². The van der Waals surface area contributed by atoms with Crippen LogP contribution in [-0.2, 0) is 6.54 Å². The molecule has 1 fully saturated rings. The highest BCUT2D eigenvalue weighted by Gasteiger charge is 2.43. The highest BCUT2D eigenvalue weighted by atomic mass is 16.3. The molecule has 1 aliphatic heterocycles. The number of nitrogens with zero attached hydrogens (tertiary/aromatic N) is 1. The Morgan fingerprint density at radius 1 is 1.16 bits per heavy atom. The third-order valence-electron chi connectivity index (χ3n) is 4.67. The van der Waals surface area contributed by atoms with Crippen LogP contribution in [0.4, 0.5) is 0 Å². The molecule has 2 rings (SSSR count). The van der Waals surface area contributed by atoms with Crippen molar-refractivity contribution >= 4 is 0 Å². The Balaban J connectivity index is 2.01. The van der Waals surface area contributed by atoms with Crippen LogP contribution >= 0.6 is 0 Å². The van der Waals surface area contributed by atoms with Gasteiger partial charge in [0, 0.05) is 19.6 Å². The van der Waals surface area contributed by atoms with Crippen LogP contribution in [-0.4, -0.2) is 28.7 Å². The maximum absolute atomic E-state index is 10.9. The minimum absolute atomic E-state index is 0.347. The van der Waals surface area contributed by atoms with Gasteiger partial charge < -0.3 is 5.11 Å². The third kappa shape index (κ3) is 3.18. The van der Waals surface area contributed by atoms with Crippen LogP contribution in [0.1, 0.15) is 39.2 Å². The predicted molar refractivity (Wildman–Crippen MR) is 79.9 cm³/mol. The molecule has 3 atom stereocenters. The van der Waals surface area contributed by atoms with Gasteiger partial charge in [0.1, 0.15) is 0 Å². The van der Waals surface area contributed by atoms with Gasteiger partial charge in [0.05, 0.1) is 5.60 Å². The van der Waals surface area contributed by atoms with Crippen molar-refractivity contribution < 1.29 is 5.11 Å². The zero-order chi connectivity index (χ0) is 13.9. The molecular formula is C17H27NO. The molecule has 0 spiro atoms. The second-order valence-electron chi connectivity index (χ2n) is 6.22. The van der Waals surface area contributed by atoms with Crippen LogP contribution in [0.2, 0.25) is 0 Å². The van der Waals surface area contributed by atoms with Crippen molar-refractivity contribution in [3.05, 3.63) is 35.9 Å². The smallest absolute Gasteiger partial charge is 0.0722 e. The molecule has 1 heterocycles. The second kappa shape index (κ2) is 6.06. The Bertz CT molecular complexity index is 378. The van der Waals surface area contributed by atoms with Gasteiger partial charge in [-0.25, -0.2) is 0 Å². The Labute approximate surface area is 117 Å². The predicted octanol–water partition coefficient (Wildman–Crippen LogP) is 3.31. The summed E-state index contributed by atoms with van der Waals surface area (Å²) in [5, 5.41) is 10.9. The van der Waals surface area contributed by atoms with Gasteiger partial charge in [-0.15, -0.1) is 0 Å². The molecule has 106 valence electrons. The zero-order valence-electron chi connectivity index (χ0n) is 12.5. The molecule has 0 unspecified atom stereocenters. The van der Waals surface area contributed by atoms with E-state index in [0.717, 1.165) is 32.5 Å². The molecule has 0 bridgehead atoms. The van der Waals surface area contributed by atoms with Gasteiger partial charge in [0.15, 0.2) is 0 Å². The van der Waals surface area contributed by atoms with E-state index in [0.29, 0.717) is 11.8 Å². The molecule has 2 heteroatoms. The van der Waals surface area contributed by atoms with E-state index in [-0.39, 0.29) is 0 Å². The maximum Gasteiger partial charge on any atom is 0.0722 e. The largest absolute Gasteiger partial charge is 0.389 e. The zero-order valence-corrected chi connectivity index (χ0v) is 12.5. The summed E-state index contributed by atoms with van der Waals surface area (Å²) in [5.41, 5.74) is 0.893. The summed E-state index contributed by atoms with van der Waals surface area (Å²) in [5.74, 6) is 0.694. The van der Waals surface area contributed by atoms with Crippen LogP contribution in [0.3, 0.4) is 0 Å². The minimum Gasteiger partial charge on any atom is -0.389 e. The van der Waals surface area contributed by atoms with Crippen LogP contribution in [0, 0.1) is 11.8 Å². The Morgan fingerprint density at radius 3 is 2.26 bits per heavy atom. The summed E-state index contributed by atoms with van der Waals surface area (Å²) >= 11 is 0. The molecule has 2 nitrogen and oxygen atoms in total. The van der Waals surface area contributed by atoms with Gasteiger partial charge in [-0.3, -0.25) is 4.90 Å². The number of aliphatic hydroxyl groups is 1. The highest BCUT2D eigenvalue weighted by Crippen LogP contribution is 2.36. The van der Waals surface area contributed by atoms with E-state index in [1.807, 2.05) is 0 Å². The highest BCUT2D eigenvalue weighted by molar-refractivity contribution is 5.14. The quantitative estimate of drug-likeness (QED) is 0.899. The molecule has 0 saturated carbocycles. The molecule has 0 aliphatic carbocycles. The summed E-state index contributed by atoms with van der Waals surface area (Å²) in [6.45, 7) is 9.55. The van der Waals surface area contributed by atoms with E-state index < -0.39 is 5.60 Å². The van der Waals surface area contributed by atoms with Gasteiger partial charge in [0.2, 0.25) is 0 Å². The van der Waals surface area contributed by atoms with E-state index in [2.05, 4.69) is 56.0 Å². The summed E-state index contributed by atoms with van der Waals surface area (Å²) in [4.78, 5) is 2.48. The Morgan fingerprint density at radius 2 is 1.74 bits per heavy atom. The first-order valence-electron chi connectivity index (χ1n) is 7.55. The lowest BCUT2D eigenvalue weighted by Gasteiger charge is -2.48. The van der Waals surface area contributed by atoms with E-state index >= 15 is 0 Å². The fourth-order valence-electron chi connectivity index (χ4n) is 3.51. The van der Waals surface area contributed by atoms with Crippen molar-refractivity contribution in [2.24, 2.45) is 11.8 Å². The number of hydrogen-bond acceptors (Lipinski definition) is 2. The molecule has 0 amide bonds. The molecule has 1 saturated heterocycles. The standard InChI is InChI=1S/C17H27NO/c1-4-10-17(19)14(2)11-18(12-15(17)3)13-16-8-6-5-7-9-16/h5-9,14-15,19H,4,10-13H2,1-3H3/t14-,15+,17-. The maximum atomic E-state index is 10.9. The lowest BCUT2D eigenvalue weighted by Crippen LogP contribution is -2.56. The Kier molecular flexibility index (Phi) is 4.64. The van der Waals surface area contributed by atoms with Gasteiger partial charge in [-0.05, 0) is 23.8 Å². The van der Waals surface area contributed by atoms with Crippen molar-refractivity contribution in [3.63, 3.8) is 0 Å². The van der Waals surface area contributed by atoms with Crippen LogP contribution in [0.5, 0.6) is 0 Å². The number of hydrogen-bond donors (Lipinski definition) is 1. The van der Waals surface area contributed by atoms with Crippen LogP contribution in [0.15, 0.2) is 30.3 Å². The van der Waals surface area contributed by atoms with Crippen molar-refractivity contribution in [2.45, 2.75) is 45.8 Å². The molecule has 0 radical (unpaired) electrons. The normalized spacial score (nSPS) is 32.4. The molecule has 0 aromatic heterocycles. The SMILES string of the molecule is CCC[C@@]1(O)[C@H](C)CN(Cc2ccccc2)C[C@@H]1C. The van der Waals surface area contributed by atoms with E-state index in [1.54, 1.807) is 0 Å². The lowest BCUT2D eigenvalue weighted by atomic mass is 9.72. The minimum atomic E-state index is -0.470. The first-order valence-corrected chi connectivity index (χ1v) is 7.55. The molecule has 1 aromatic carbocycles. The molecule has 1 N–H and O–H groups in total. The first-order chi connectivity index (χ1) is 9.06. The van der Waals surface area contributed by atoms with Crippen LogP contribution < -0.4 is 0 Å². The topological polar surface area (TPSA) is 23.5 Å². The molecule has 1 aliphatic rings.